The molecule has 2 aliphatic heterocycles. The fourth-order valence-corrected chi connectivity index (χ4v) is 2.65. The molecule has 2 saturated heterocycles. The Morgan fingerprint density at radius 2 is 2.25 bits per heavy atom. The molecule has 2 atom stereocenters. The average Bonchev–Trinajstić information content (AvgIpc) is 2.39. The van der Waals surface area contributed by atoms with Crippen molar-refractivity contribution in [3.63, 3.8) is 0 Å². The topological polar surface area (TPSA) is 41.6 Å². The molecule has 2 fully saturated rings. The first-order chi connectivity index (χ1) is 7.81. The van der Waals surface area contributed by atoms with Gasteiger partial charge in [0, 0.05) is 26.7 Å². The second kappa shape index (κ2) is 5.64. The van der Waals surface area contributed by atoms with Gasteiger partial charge in [-0.1, -0.05) is 0 Å². The molecule has 1 unspecified atom stereocenters. The largest absolute Gasteiger partial charge is 0.380 e. The average molecular weight is 226 g/mol. The number of nitrogens with zero attached hydrogens (tertiary/aromatic N) is 1. The van der Waals surface area contributed by atoms with Gasteiger partial charge in [-0.15, -0.1) is 0 Å². The fraction of sp³-hybridized carbons (Fsp3) is 0.917. The Hall–Kier alpha value is -0.610. The highest BCUT2D eigenvalue weighted by molar-refractivity contribution is 5.79. The standard InChI is InChI=1S/C12H22N2O2/c1-16-11-5-3-7-14(9-11)12(15)10-4-2-6-13-8-10/h10-11,13H,2-9H2,1H3/t10-,11?/m0/s1. The van der Waals surface area contributed by atoms with Gasteiger partial charge in [-0.3, -0.25) is 4.79 Å². The number of carbonyl (C=O) groups excluding carboxylic acids is 1. The first kappa shape index (κ1) is 11.9. The molecule has 2 rings (SSSR count). The van der Waals surface area contributed by atoms with E-state index in [1.165, 1.54) is 0 Å². The van der Waals surface area contributed by atoms with Crippen molar-refractivity contribution in [3.05, 3.63) is 0 Å². The highest BCUT2D eigenvalue weighted by atomic mass is 16.5. The van der Waals surface area contributed by atoms with Crippen molar-refractivity contribution < 1.29 is 9.53 Å². The lowest BCUT2D eigenvalue weighted by Crippen LogP contribution is -2.48. The van der Waals surface area contributed by atoms with Gasteiger partial charge >= 0.3 is 0 Å². The predicted molar refractivity (Wildman–Crippen MR) is 62.2 cm³/mol. The Kier molecular flexibility index (Phi) is 4.18. The summed E-state index contributed by atoms with van der Waals surface area (Å²) in [6, 6.07) is 0. The molecule has 0 aromatic rings. The number of nitrogens with one attached hydrogen (secondary N) is 1. The van der Waals surface area contributed by atoms with E-state index in [9.17, 15) is 4.79 Å². The highest BCUT2D eigenvalue weighted by Crippen LogP contribution is 2.18. The fourth-order valence-electron chi connectivity index (χ4n) is 2.65. The van der Waals surface area contributed by atoms with Gasteiger partial charge in [0.1, 0.15) is 0 Å². The number of hydrogen-bond donors (Lipinski definition) is 1. The van der Waals surface area contributed by atoms with Gasteiger partial charge in [0.05, 0.1) is 12.0 Å². The quantitative estimate of drug-likeness (QED) is 0.750. The van der Waals surface area contributed by atoms with Crippen molar-refractivity contribution >= 4 is 5.91 Å². The van der Waals surface area contributed by atoms with Crippen molar-refractivity contribution in [2.75, 3.05) is 33.3 Å². The first-order valence-corrected chi connectivity index (χ1v) is 6.33. The minimum absolute atomic E-state index is 0.198. The van der Waals surface area contributed by atoms with Gasteiger partial charge < -0.3 is 15.0 Å². The smallest absolute Gasteiger partial charge is 0.227 e. The summed E-state index contributed by atoms with van der Waals surface area (Å²) in [6.07, 6.45) is 4.57. The van der Waals surface area contributed by atoms with Crippen LogP contribution in [0.1, 0.15) is 25.7 Å². The van der Waals surface area contributed by atoms with E-state index in [1.807, 2.05) is 4.90 Å². The van der Waals surface area contributed by atoms with E-state index in [1.54, 1.807) is 7.11 Å². The minimum atomic E-state index is 0.198. The van der Waals surface area contributed by atoms with Crippen LogP contribution in [0.4, 0.5) is 0 Å². The number of hydrogen-bond acceptors (Lipinski definition) is 3. The zero-order valence-corrected chi connectivity index (χ0v) is 10.1. The molecule has 0 radical (unpaired) electrons. The van der Waals surface area contributed by atoms with Crippen molar-refractivity contribution in [3.8, 4) is 0 Å². The maximum Gasteiger partial charge on any atom is 0.227 e. The number of rotatable bonds is 2. The highest BCUT2D eigenvalue weighted by Gasteiger charge is 2.29. The Labute approximate surface area is 97.3 Å². The van der Waals surface area contributed by atoms with Crippen LogP contribution in [0, 0.1) is 5.92 Å². The number of piperidine rings is 2. The van der Waals surface area contributed by atoms with Gasteiger partial charge in [0.2, 0.25) is 5.91 Å². The summed E-state index contributed by atoms with van der Waals surface area (Å²) in [4.78, 5) is 14.2. The molecular formula is C12H22N2O2. The van der Waals surface area contributed by atoms with Crippen molar-refractivity contribution in [2.45, 2.75) is 31.8 Å². The lowest BCUT2D eigenvalue weighted by Gasteiger charge is -2.35. The van der Waals surface area contributed by atoms with Crippen LogP contribution in [0.5, 0.6) is 0 Å². The van der Waals surface area contributed by atoms with Crippen LogP contribution in [0.2, 0.25) is 0 Å². The van der Waals surface area contributed by atoms with Crippen molar-refractivity contribution in [2.24, 2.45) is 5.92 Å². The summed E-state index contributed by atoms with van der Waals surface area (Å²) < 4.78 is 5.35. The second-order valence-electron chi connectivity index (χ2n) is 4.83. The van der Waals surface area contributed by atoms with Crippen molar-refractivity contribution in [1.82, 2.24) is 10.2 Å². The molecule has 0 aromatic carbocycles. The van der Waals surface area contributed by atoms with E-state index in [0.717, 1.165) is 51.9 Å². The lowest BCUT2D eigenvalue weighted by atomic mass is 9.96. The molecule has 16 heavy (non-hydrogen) atoms. The molecule has 0 aromatic heterocycles. The maximum atomic E-state index is 12.2. The van der Waals surface area contributed by atoms with Gasteiger partial charge in [-0.2, -0.15) is 0 Å². The Morgan fingerprint density at radius 3 is 2.94 bits per heavy atom. The van der Waals surface area contributed by atoms with E-state index in [4.69, 9.17) is 4.74 Å². The van der Waals surface area contributed by atoms with E-state index in [0.29, 0.717) is 5.91 Å². The zero-order chi connectivity index (χ0) is 11.4. The first-order valence-electron chi connectivity index (χ1n) is 6.33. The summed E-state index contributed by atoms with van der Waals surface area (Å²) in [5.74, 6) is 0.526. The molecule has 4 nitrogen and oxygen atoms in total. The minimum Gasteiger partial charge on any atom is -0.380 e. The normalized spacial score (nSPS) is 31.4. The number of likely N-dealkylation sites (tertiary alicyclic amines) is 1. The van der Waals surface area contributed by atoms with Crippen LogP contribution in [0.25, 0.3) is 0 Å². The number of amides is 1. The molecule has 0 bridgehead atoms. The third kappa shape index (κ3) is 2.74. The molecule has 1 N–H and O–H groups in total. The third-order valence-corrected chi connectivity index (χ3v) is 3.67. The number of ether oxygens (including phenoxy) is 1. The number of carbonyl (C=O) groups is 1. The summed E-state index contributed by atoms with van der Waals surface area (Å²) in [7, 11) is 1.74. The molecule has 2 aliphatic rings. The van der Waals surface area contributed by atoms with Gasteiger partial charge in [-0.25, -0.2) is 0 Å². The molecule has 0 saturated carbocycles. The maximum absolute atomic E-state index is 12.2. The molecule has 0 aliphatic carbocycles. The Morgan fingerprint density at radius 1 is 1.38 bits per heavy atom. The second-order valence-corrected chi connectivity index (χ2v) is 4.83. The number of methoxy groups -OCH3 is 1. The Balaban J connectivity index is 1.87. The van der Waals surface area contributed by atoms with Crippen LogP contribution in [-0.4, -0.2) is 50.2 Å². The molecular weight excluding hydrogens is 204 g/mol. The van der Waals surface area contributed by atoms with Gasteiger partial charge in [0.25, 0.3) is 0 Å². The third-order valence-electron chi connectivity index (χ3n) is 3.67. The SMILES string of the molecule is COC1CCCN(C(=O)[C@H]2CCCNC2)C1. The van der Waals surface area contributed by atoms with Crippen LogP contribution in [0.3, 0.4) is 0 Å². The summed E-state index contributed by atoms with van der Waals surface area (Å²) in [6.45, 7) is 3.61. The summed E-state index contributed by atoms with van der Waals surface area (Å²) in [5, 5.41) is 3.30. The Bertz CT molecular complexity index is 239. The van der Waals surface area contributed by atoms with E-state index < -0.39 is 0 Å². The van der Waals surface area contributed by atoms with Gasteiger partial charge in [-0.05, 0) is 32.2 Å². The molecule has 1 amide bonds. The molecule has 2 heterocycles. The van der Waals surface area contributed by atoms with Crippen molar-refractivity contribution in [1.29, 1.82) is 0 Å². The summed E-state index contributed by atoms with van der Waals surface area (Å²) in [5.41, 5.74) is 0. The lowest BCUT2D eigenvalue weighted by molar-refractivity contribution is -0.139. The van der Waals surface area contributed by atoms with Crippen LogP contribution in [0.15, 0.2) is 0 Å². The van der Waals surface area contributed by atoms with E-state index in [-0.39, 0.29) is 12.0 Å². The monoisotopic (exact) mass is 226 g/mol. The van der Waals surface area contributed by atoms with Gasteiger partial charge in [0.15, 0.2) is 0 Å². The predicted octanol–water partition coefficient (Wildman–Crippen LogP) is 0.623. The van der Waals surface area contributed by atoms with Crippen LogP contribution >= 0.6 is 0 Å². The zero-order valence-electron chi connectivity index (χ0n) is 10.1. The van der Waals surface area contributed by atoms with E-state index in [2.05, 4.69) is 5.32 Å². The van der Waals surface area contributed by atoms with Crippen LogP contribution < -0.4 is 5.32 Å². The summed E-state index contributed by atoms with van der Waals surface area (Å²) >= 11 is 0. The molecule has 92 valence electrons. The van der Waals surface area contributed by atoms with E-state index >= 15 is 0 Å². The molecule has 0 spiro atoms. The van der Waals surface area contributed by atoms with Crippen LogP contribution in [-0.2, 0) is 9.53 Å². The molecule has 4 heteroatoms.